The molecule has 2 amide bonds. The Kier molecular flexibility index (Phi) is 11.4. The molecule has 1 aliphatic rings. The van der Waals surface area contributed by atoms with Crippen molar-refractivity contribution in [3.8, 4) is 0 Å². The van der Waals surface area contributed by atoms with Crippen molar-refractivity contribution in [2.45, 2.75) is 76.8 Å². The van der Waals surface area contributed by atoms with E-state index >= 15 is 0 Å². The van der Waals surface area contributed by atoms with Crippen LogP contribution in [0.25, 0.3) is 0 Å². The number of carbonyl (C=O) groups is 3. The first-order chi connectivity index (χ1) is 18.7. The summed E-state index contributed by atoms with van der Waals surface area (Å²) in [6.07, 6.45) is -5.92. The Labute approximate surface area is 227 Å². The van der Waals surface area contributed by atoms with Crippen LogP contribution in [0.5, 0.6) is 0 Å². The van der Waals surface area contributed by atoms with Crippen molar-refractivity contribution >= 4 is 17.8 Å². The molecule has 0 spiro atoms. The third kappa shape index (κ3) is 8.84. The Bertz CT molecular complexity index is 1070. The van der Waals surface area contributed by atoms with Crippen LogP contribution in [0.1, 0.15) is 31.9 Å². The Morgan fingerprint density at radius 2 is 1.56 bits per heavy atom. The van der Waals surface area contributed by atoms with Gasteiger partial charge in [0.25, 0.3) is 0 Å². The fraction of sp³-hybridized carbons (Fsp3) is 0.464. The minimum Gasteiger partial charge on any atom is -0.459 e. The lowest BCUT2D eigenvalue weighted by atomic mass is 9.96. The third-order valence-electron chi connectivity index (χ3n) is 6.15. The zero-order valence-electron chi connectivity index (χ0n) is 22.2. The van der Waals surface area contributed by atoms with Crippen molar-refractivity contribution in [3.05, 3.63) is 71.8 Å². The molecular formula is C28H36N2O9. The molecule has 4 N–H and O–H groups in total. The average molecular weight is 545 g/mol. The van der Waals surface area contributed by atoms with E-state index in [-0.39, 0.29) is 13.2 Å². The molecule has 0 unspecified atom stereocenters. The topological polar surface area (TPSA) is 153 Å². The number of ether oxygens (including phenoxy) is 4. The first-order valence-corrected chi connectivity index (χ1v) is 12.7. The third-order valence-corrected chi connectivity index (χ3v) is 6.15. The molecule has 7 atom stereocenters. The number of hydrogen-bond acceptors (Lipinski definition) is 9. The molecule has 2 aromatic carbocycles. The summed E-state index contributed by atoms with van der Waals surface area (Å²) in [4.78, 5) is 37.2. The van der Waals surface area contributed by atoms with E-state index in [2.05, 4.69) is 10.6 Å². The van der Waals surface area contributed by atoms with Crippen LogP contribution < -0.4 is 10.6 Å². The molecule has 11 nitrogen and oxygen atoms in total. The number of aliphatic hydroxyl groups excluding tert-OH is 2. The van der Waals surface area contributed by atoms with Crippen LogP contribution in [-0.4, -0.2) is 77.4 Å². The van der Waals surface area contributed by atoms with Crippen LogP contribution in [0.4, 0.5) is 0 Å². The van der Waals surface area contributed by atoms with E-state index in [0.717, 1.165) is 11.1 Å². The minimum absolute atomic E-state index is 0.0610. The maximum Gasteiger partial charge on any atom is 0.328 e. The molecule has 1 saturated heterocycles. The van der Waals surface area contributed by atoms with E-state index in [1.54, 1.807) is 0 Å². The number of aliphatic hydroxyl groups is 2. The quantitative estimate of drug-likeness (QED) is 0.284. The second kappa shape index (κ2) is 14.7. The van der Waals surface area contributed by atoms with E-state index in [0.29, 0.717) is 0 Å². The molecule has 11 heteroatoms. The van der Waals surface area contributed by atoms with Crippen molar-refractivity contribution in [2.24, 2.45) is 0 Å². The van der Waals surface area contributed by atoms with Gasteiger partial charge in [-0.25, -0.2) is 4.79 Å². The smallest absolute Gasteiger partial charge is 0.328 e. The molecule has 39 heavy (non-hydrogen) atoms. The number of amides is 2. The van der Waals surface area contributed by atoms with Gasteiger partial charge in [-0.3, -0.25) is 9.59 Å². The molecule has 0 saturated carbocycles. The fourth-order valence-electron chi connectivity index (χ4n) is 4.05. The lowest BCUT2D eigenvalue weighted by Crippen LogP contribution is -2.66. The summed E-state index contributed by atoms with van der Waals surface area (Å²) in [6.45, 7) is 3.85. The summed E-state index contributed by atoms with van der Waals surface area (Å²) in [6, 6.07) is 16.4. The molecule has 1 fully saturated rings. The van der Waals surface area contributed by atoms with E-state index < -0.39 is 67.2 Å². The largest absolute Gasteiger partial charge is 0.459 e. The molecule has 3 rings (SSSR count). The fourth-order valence-corrected chi connectivity index (χ4v) is 4.05. The average Bonchev–Trinajstić information content (AvgIpc) is 2.93. The van der Waals surface area contributed by atoms with E-state index in [4.69, 9.17) is 18.9 Å². The van der Waals surface area contributed by atoms with Gasteiger partial charge in [-0.15, -0.1) is 0 Å². The van der Waals surface area contributed by atoms with Gasteiger partial charge in [0, 0.05) is 6.92 Å². The van der Waals surface area contributed by atoms with Crippen molar-refractivity contribution in [3.63, 3.8) is 0 Å². The number of carbonyl (C=O) groups excluding carboxylic acids is 3. The molecule has 212 valence electrons. The van der Waals surface area contributed by atoms with Crippen molar-refractivity contribution in [1.29, 1.82) is 0 Å². The van der Waals surface area contributed by atoms with Crippen LogP contribution in [0.15, 0.2) is 60.7 Å². The molecular weight excluding hydrogens is 508 g/mol. The van der Waals surface area contributed by atoms with Gasteiger partial charge in [0.15, 0.2) is 6.29 Å². The SMILES string of the molecule is CC(=O)N[C@@H]1[C@H](OCc2ccccc2)O[C@H](CO)[C@@H](O)[C@@H]1O[C@H](C)C(=O)N[C@H](C)C(=O)OCc1ccccc1. The number of hydrogen-bond donors (Lipinski definition) is 4. The van der Waals surface area contributed by atoms with Crippen molar-refractivity contribution in [2.75, 3.05) is 6.61 Å². The lowest BCUT2D eigenvalue weighted by molar-refractivity contribution is -0.283. The Balaban J connectivity index is 1.64. The summed E-state index contributed by atoms with van der Waals surface area (Å²) in [7, 11) is 0. The monoisotopic (exact) mass is 544 g/mol. The van der Waals surface area contributed by atoms with Gasteiger partial charge in [-0.05, 0) is 25.0 Å². The highest BCUT2D eigenvalue weighted by Crippen LogP contribution is 2.26. The van der Waals surface area contributed by atoms with Gasteiger partial charge in [-0.1, -0.05) is 60.7 Å². The van der Waals surface area contributed by atoms with E-state index in [1.165, 1.54) is 20.8 Å². The molecule has 1 aliphatic heterocycles. The van der Waals surface area contributed by atoms with Crippen LogP contribution in [0.3, 0.4) is 0 Å². The van der Waals surface area contributed by atoms with Crippen LogP contribution in [0.2, 0.25) is 0 Å². The van der Waals surface area contributed by atoms with Gasteiger partial charge in [-0.2, -0.15) is 0 Å². The standard InChI is InChI=1S/C28H36N2O9/c1-17(27(35)36-15-20-10-6-4-7-11-20)29-26(34)18(2)38-25-23(30-19(3)32)28(39-22(14-31)24(25)33)37-16-21-12-8-5-9-13-21/h4-13,17-18,22-25,28,31,33H,14-16H2,1-3H3,(H,29,34)(H,30,32)/t17-,18-,22-,23+,24-,25-,28-/m1/s1. The van der Waals surface area contributed by atoms with E-state index in [9.17, 15) is 24.6 Å². The Morgan fingerprint density at radius 1 is 0.974 bits per heavy atom. The van der Waals surface area contributed by atoms with Crippen molar-refractivity contribution in [1.82, 2.24) is 10.6 Å². The maximum atomic E-state index is 12.9. The molecule has 0 radical (unpaired) electrons. The number of rotatable bonds is 12. The molecule has 0 aromatic heterocycles. The number of nitrogens with one attached hydrogen (secondary N) is 2. The molecule has 0 aliphatic carbocycles. The summed E-state index contributed by atoms with van der Waals surface area (Å²) < 4.78 is 22.8. The molecule has 0 bridgehead atoms. The van der Waals surface area contributed by atoms with Crippen LogP contribution >= 0.6 is 0 Å². The normalized spacial score (nSPS) is 24.3. The summed E-state index contributed by atoms with van der Waals surface area (Å²) in [5.41, 5.74) is 1.65. The first-order valence-electron chi connectivity index (χ1n) is 12.7. The van der Waals surface area contributed by atoms with Gasteiger partial charge in [0.1, 0.15) is 43.1 Å². The summed E-state index contributed by atoms with van der Waals surface area (Å²) >= 11 is 0. The maximum absolute atomic E-state index is 12.9. The highest BCUT2D eigenvalue weighted by Gasteiger charge is 2.48. The molecule has 2 aromatic rings. The van der Waals surface area contributed by atoms with Gasteiger partial charge in [0.2, 0.25) is 11.8 Å². The second-order valence-corrected chi connectivity index (χ2v) is 9.31. The van der Waals surface area contributed by atoms with Crippen LogP contribution in [0, 0.1) is 0 Å². The predicted octanol–water partition coefficient (Wildman–Crippen LogP) is 0.808. The van der Waals surface area contributed by atoms with Crippen molar-refractivity contribution < 1.29 is 43.5 Å². The minimum atomic E-state index is -1.40. The lowest BCUT2D eigenvalue weighted by Gasteiger charge is -2.44. The highest BCUT2D eigenvalue weighted by molar-refractivity contribution is 5.86. The molecule has 1 heterocycles. The second-order valence-electron chi connectivity index (χ2n) is 9.31. The first kappa shape index (κ1) is 30.2. The van der Waals surface area contributed by atoms with Gasteiger partial charge < -0.3 is 39.8 Å². The van der Waals surface area contributed by atoms with Gasteiger partial charge in [0.05, 0.1) is 13.2 Å². The summed E-state index contributed by atoms with van der Waals surface area (Å²) in [5.74, 6) is -1.70. The van der Waals surface area contributed by atoms with Crippen LogP contribution in [-0.2, 0) is 46.5 Å². The summed E-state index contributed by atoms with van der Waals surface area (Å²) in [5, 5.41) is 25.9. The van der Waals surface area contributed by atoms with E-state index in [1.807, 2.05) is 60.7 Å². The Hall–Kier alpha value is -3.35. The zero-order valence-corrected chi connectivity index (χ0v) is 22.2. The highest BCUT2D eigenvalue weighted by atomic mass is 16.7. The Morgan fingerprint density at radius 3 is 2.13 bits per heavy atom. The number of esters is 1. The zero-order chi connectivity index (χ0) is 28.4. The number of benzene rings is 2. The predicted molar refractivity (Wildman–Crippen MR) is 139 cm³/mol. The van der Waals surface area contributed by atoms with Gasteiger partial charge >= 0.3 is 5.97 Å².